The second kappa shape index (κ2) is 8.18. The van der Waals surface area contributed by atoms with E-state index in [1.165, 1.54) is 4.68 Å². The Kier molecular flexibility index (Phi) is 5.44. The van der Waals surface area contributed by atoms with Crippen molar-refractivity contribution in [1.82, 2.24) is 19.2 Å². The van der Waals surface area contributed by atoms with Gasteiger partial charge in [0.1, 0.15) is 5.82 Å². The molecule has 1 N–H and O–H groups in total. The number of piperidine rings is 1. The fraction of sp³-hybridized carbons (Fsp3) is 0.348. The molecule has 1 aliphatic heterocycles. The number of carbonyl (C=O) groups excluding carboxylic acids is 1. The van der Waals surface area contributed by atoms with Crippen molar-refractivity contribution in [2.75, 3.05) is 18.4 Å². The molecule has 2 heterocycles. The molecule has 2 amide bonds. The first-order chi connectivity index (χ1) is 14.4. The van der Waals surface area contributed by atoms with Gasteiger partial charge in [0.05, 0.1) is 5.69 Å². The molecular weight excluding hydrogens is 378 g/mol. The van der Waals surface area contributed by atoms with Crippen LogP contribution in [-0.4, -0.2) is 38.4 Å². The quantitative estimate of drug-likeness (QED) is 0.724. The zero-order valence-electron chi connectivity index (χ0n) is 17.6. The highest BCUT2D eigenvalue weighted by Gasteiger charge is 2.29. The van der Waals surface area contributed by atoms with Gasteiger partial charge in [-0.1, -0.05) is 24.3 Å². The summed E-state index contributed by atoms with van der Waals surface area (Å²) in [6.07, 6.45) is 1.75. The van der Waals surface area contributed by atoms with E-state index in [1.54, 1.807) is 11.6 Å². The van der Waals surface area contributed by atoms with Crippen molar-refractivity contribution in [1.29, 1.82) is 0 Å². The SMILES string of the molecule is Cc1cc(C)cc(NC(=O)N2CCCC(c3nn(C)c(=O)n3-c3ccccc3)C2)c1. The number of benzene rings is 2. The number of hydrogen-bond donors (Lipinski definition) is 1. The fourth-order valence-corrected chi connectivity index (χ4v) is 4.19. The summed E-state index contributed by atoms with van der Waals surface area (Å²) in [6.45, 7) is 5.25. The molecule has 156 valence electrons. The van der Waals surface area contributed by atoms with E-state index in [9.17, 15) is 9.59 Å². The maximum atomic E-state index is 12.9. The first-order valence-corrected chi connectivity index (χ1v) is 10.3. The van der Waals surface area contributed by atoms with E-state index in [4.69, 9.17) is 0 Å². The normalized spacial score (nSPS) is 16.5. The van der Waals surface area contributed by atoms with Crippen LogP contribution in [0.5, 0.6) is 0 Å². The number of anilines is 1. The molecular formula is C23H27N5O2. The summed E-state index contributed by atoms with van der Waals surface area (Å²) in [5.41, 5.74) is 3.65. The molecule has 1 fully saturated rings. The van der Waals surface area contributed by atoms with Crippen molar-refractivity contribution in [3.63, 3.8) is 0 Å². The maximum Gasteiger partial charge on any atom is 0.350 e. The third kappa shape index (κ3) is 4.01. The molecule has 1 atom stereocenters. The van der Waals surface area contributed by atoms with Crippen molar-refractivity contribution in [2.24, 2.45) is 7.05 Å². The molecule has 0 saturated carbocycles. The molecule has 3 aromatic rings. The number of aryl methyl sites for hydroxylation is 3. The Morgan fingerprint density at radius 2 is 1.80 bits per heavy atom. The summed E-state index contributed by atoms with van der Waals surface area (Å²) in [6, 6.07) is 15.4. The van der Waals surface area contributed by atoms with Crippen molar-refractivity contribution in [2.45, 2.75) is 32.6 Å². The second-order valence-corrected chi connectivity index (χ2v) is 8.03. The number of aromatic nitrogens is 3. The molecule has 1 aromatic heterocycles. The third-order valence-corrected chi connectivity index (χ3v) is 5.51. The van der Waals surface area contributed by atoms with E-state index in [2.05, 4.69) is 16.5 Å². The summed E-state index contributed by atoms with van der Waals surface area (Å²) < 4.78 is 3.03. The van der Waals surface area contributed by atoms with E-state index < -0.39 is 0 Å². The highest BCUT2D eigenvalue weighted by atomic mass is 16.2. The Morgan fingerprint density at radius 1 is 1.10 bits per heavy atom. The number of hydrogen-bond acceptors (Lipinski definition) is 3. The number of amides is 2. The summed E-state index contributed by atoms with van der Waals surface area (Å²) >= 11 is 0. The third-order valence-electron chi connectivity index (χ3n) is 5.51. The Hall–Kier alpha value is -3.35. The molecule has 1 unspecified atom stereocenters. The van der Waals surface area contributed by atoms with Crippen LogP contribution in [0, 0.1) is 13.8 Å². The molecule has 7 nitrogen and oxygen atoms in total. The Balaban J connectivity index is 1.57. The van der Waals surface area contributed by atoms with Gasteiger partial charge in [0, 0.05) is 31.7 Å². The number of rotatable bonds is 3. The Morgan fingerprint density at radius 3 is 2.50 bits per heavy atom. The van der Waals surface area contributed by atoms with Crippen molar-refractivity contribution >= 4 is 11.7 Å². The second-order valence-electron chi connectivity index (χ2n) is 8.03. The van der Waals surface area contributed by atoms with Crippen molar-refractivity contribution in [3.8, 4) is 5.69 Å². The zero-order chi connectivity index (χ0) is 21.3. The van der Waals surface area contributed by atoms with Gasteiger partial charge in [0.15, 0.2) is 0 Å². The number of nitrogens with one attached hydrogen (secondary N) is 1. The largest absolute Gasteiger partial charge is 0.350 e. The van der Waals surface area contributed by atoms with Crippen LogP contribution in [0.25, 0.3) is 5.69 Å². The minimum Gasteiger partial charge on any atom is -0.324 e. The van der Waals surface area contributed by atoms with Gasteiger partial charge in [-0.2, -0.15) is 5.10 Å². The Labute approximate surface area is 175 Å². The van der Waals surface area contributed by atoms with Gasteiger partial charge < -0.3 is 10.2 Å². The van der Waals surface area contributed by atoms with Crippen LogP contribution in [0.1, 0.15) is 35.7 Å². The molecule has 1 aliphatic rings. The number of urea groups is 1. The van der Waals surface area contributed by atoms with Crippen LogP contribution in [0.3, 0.4) is 0 Å². The van der Waals surface area contributed by atoms with Gasteiger partial charge >= 0.3 is 11.7 Å². The van der Waals surface area contributed by atoms with E-state index >= 15 is 0 Å². The van der Waals surface area contributed by atoms with E-state index in [0.717, 1.165) is 35.3 Å². The summed E-state index contributed by atoms with van der Waals surface area (Å²) in [7, 11) is 1.67. The van der Waals surface area contributed by atoms with Crippen LogP contribution in [-0.2, 0) is 7.05 Å². The minimum absolute atomic E-state index is 0.00199. The van der Waals surface area contributed by atoms with Gasteiger partial charge in [0.25, 0.3) is 0 Å². The number of likely N-dealkylation sites (tertiary alicyclic amines) is 1. The lowest BCUT2D eigenvalue weighted by atomic mass is 9.97. The lowest BCUT2D eigenvalue weighted by molar-refractivity contribution is 0.191. The van der Waals surface area contributed by atoms with E-state index in [1.807, 2.05) is 61.2 Å². The monoisotopic (exact) mass is 405 g/mol. The van der Waals surface area contributed by atoms with Gasteiger partial charge in [-0.25, -0.2) is 18.8 Å². The van der Waals surface area contributed by atoms with Crippen LogP contribution in [0.4, 0.5) is 10.5 Å². The predicted molar refractivity (Wildman–Crippen MR) is 117 cm³/mol. The molecule has 2 aromatic carbocycles. The molecule has 1 saturated heterocycles. The van der Waals surface area contributed by atoms with Crippen LogP contribution in [0.15, 0.2) is 53.3 Å². The average molecular weight is 406 g/mol. The standard InChI is InChI=1S/C23H27N5O2/c1-16-12-17(2)14-19(13-16)24-22(29)27-11-7-8-18(15-27)21-25-26(3)23(30)28(21)20-9-5-4-6-10-20/h4-6,9-10,12-14,18H,7-8,11,15H2,1-3H3,(H,24,29). The molecule has 30 heavy (non-hydrogen) atoms. The lowest BCUT2D eigenvalue weighted by Gasteiger charge is -2.32. The summed E-state index contributed by atoms with van der Waals surface area (Å²) in [4.78, 5) is 27.5. The fourth-order valence-electron chi connectivity index (χ4n) is 4.19. The Bertz CT molecular complexity index is 1100. The van der Waals surface area contributed by atoms with E-state index in [0.29, 0.717) is 18.9 Å². The molecule has 0 radical (unpaired) electrons. The first kappa shape index (κ1) is 19.9. The number of carbonyl (C=O) groups is 1. The van der Waals surface area contributed by atoms with Crippen molar-refractivity contribution < 1.29 is 4.79 Å². The van der Waals surface area contributed by atoms with Gasteiger partial charge in [-0.05, 0) is 62.1 Å². The summed E-state index contributed by atoms with van der Waals surface area (Å²) in [5.74, 6) is 0.704. The lowest BCUT2D eigenvalue weighted by Crippen LogP contribution is -2.42. The molecule has 0 aliphatic carbocycles. The van der Waals surface area contributed by atoms with Crippen LogP contribution < -0.4 is 11.0 Å². The highest BCUT2D eigenvalue weighted by molar-refractivity contribution is 5.89. The number of nitrogens with zero attached hydrogens (tertiary/aromatic N) is 4. The van der Waals surface area contributed by atoms with E-state index in [-0.39, 0.29) is 17.6 Å². The molecule has 7 heteroatoms. The van der Waals surface area contributed by atoms with Gasteiger partial charge in [-0.15, -0.1) is 0 Å². The van der Waals surface area contributed by atoms with Crippen LogP contribution in [0.2, 0.25) is 0 Å². The molecule has 0 bridgehead atoms. The molecule has 0 spiro atoms. The number of para-hydroxylation sites is 1. The average Bonchev–Trinajstić information content (AvgIpc) is 3.02. The molecule has 4 rings (SSSR count). The predicted octanol–water partition coefficient (Wildman–Crippen LogP) is 3.60. The zero-order valence-corrected chi connectivity index (χ0v) is 17.6. The smallest absolute Gasteiger partial charge is 0.324 e. The summed E-state index contributed by atoms with van der Waals surface area (Å²) in [5, 5.41) is 7.54. The van der Waals surface area contributed by atoms with Gasteiger partial charge in [0.2, 0.25) is 0 Å². The maximum absolute atomic E-state index is 12.9. The first-order valence-electron chi connectivity index (χ1n) is 10.3. The van der Waals surface area contributed by atoms with Gasteiger partial charge in [-0.3, -0.25) is 0 Å². The van der Waals surface area contributed by atoms with Crippen LogP contribution >= 0.6 is 0 Å². The van der Waals surface area contributed by atoms with Crippen molar-refractivity contribution in [3.05, 3.63) is 76.0 Å². The minimum atomic E-state index is -0.173. The topological polar surface area (TPSA) is 72.2 Å². The highest BCUT2D eigenvalue weighted by Crippen LogP contribution is 2.27.